The first kappa shape index (κ1) is 31.8. The molecule has 0 radical (unpaired) electrons. The lowest BCUT2D eigenvalue weighted by atomic mass is 10.0. The second-order valence-corrected chi connectivity index (χ2v) is 11.4. The number of anilines is 2. The molecule has 0 saturated heterocycles. The molecule has 2 aliphatic heterocycles. The highest BCUT2D eigenvalue weighted by atomic mass is 16.5. The van der Waals surface area contributed by atoms with E-state index in [1.807, 2.05) is 61.6 Å². The quantitative estimate of drug-likeness (QED) is 0.225. The molecule has 0 saturated carbocycles. The number of benzene rings is 1. The molecule has 0 spiro atoms. The van der Waals surface area contributed by atoms with Crippen LogP contribution in [0.15, 0.2) is 82.5 Å². The fourth-order valence-electron chi connectivity index (χ4n) is 5.35. The summed E-state index contributed by atoms with van der Waals surface area (Å²) in [5.41, 5.74) is 6.29. The summed E-state index contributed by atoms with van der Waals surface area (Å²) in [6.07, 6.45) is 19.0. The van der Waals surface area contributed by atoms with Crippen LogP contribution < -0.4 is 15.0 Å². The summed E-state index contributed by atoms with van der Waals surface area (Å²) in [6, 6.07) is 8.46. The minimum absolute atomic E-state index is 0.644. The van der Waals surface area contributed by atoms with Crippen molar-refractivity contribution in [1.29, 1.82) is 0 Å². The van der Waals surface area contributed by atoms with Crippen LogP contribution in [0, 0.1) is 19.8 Å². The van der Waals surface area contributed by atoms with Gasteiger partial charge in [-0.05, 0) is 100 Å². The highest BCUT2D eigenvalue weighted by molar-refractivity contribution is 6.08. The molecule has 228 valence electrons. The lowest BCUT2D eigenvalue weighted by molar-refractivity contribution is 0.420. The Morgan fingerprint density at radius 2 is 2.00 bits per heavy atom. The van der Waals surface area contributed by atoms with E-state index >= 15 is 0 Å². The molecule has 0 fully saturated rings. The lowest BCUT2D eigenvalue weighted by Crippen LogP contribution is -2.30. The number of unbranched alkanes of at least 4 members (excludes halogenated alkanes) is 1. The fraction of sp³-hybridized carbons (Fsp3) is 0.417. The highest BCUT2D eigenvalue weighted by Crippen LogP contribution is 2.31. The summed E-state index contributed by atoms with van der Waals surface area (Å²) in [5, 5.41) is 9.78. The molecule has 4 rings (SSSR count). The third-order valence-electron chi connectivity index (χ3n) is 7.69. The molecule has 7 nitrogen and oxygen atoms in total. The second-order valence-electron chi connectivity index (χ2n) is 11.4. The number of allylic oxidation sites excluding steroid dienone is 4. The predicted molar refractivity (Wildman–Crippen MR) is 182 cm³/mol. The molecular weight excluding hydrogens is 532 g/mol. The van der Waals surface area contributed by atoms with Crippen molar-refractivity contribution in [3.05, 3.63) is 94.8 Å². The Kier molecular flexibility index (Phi) is 11.4. The summed E-state index contributed by atoms with van der Waals surface area (Å²) < 4.78 is 6.28. The number of aliphatic imine (C=N–C) groups is 1. The maximum Gasteiger partial charge on any atom is 0.156 e. The first-order valence-electron chi connectivity index (χ1n) is 15.7. The van der Waals surface area contributed by atoms with Crippen molar-refractivity contribution >= 4 is 23.6 Å². The van der Waals surface area contributed by atoms with E-state index in [9.17, 15) is 0 Å². The molecule has 7 heteroatoms. The maximum absolute atomic E-state index is 6.28. The molecule has 43 heavy (non-hydrogen) atoms. The molecule has 2 aromatic rings. The van der Waals surface area contributed by atoms with E-state index in [4.69, 9.17) is 14.7 Å². The monoisotopic (exact) mass is 580 g/mol. The standard InChI is InChI=1S/C36H48N6O/c1-8-12-19-37-35(34-28(7)22-29-15-14-26(5)25-41(20-13-9-2)36(29)40-34)39-30-16-17-33(27(6)23-30)43-32-18-21-42(38-11-4)31(10-3)24-32/h10-12,16-19,21-24,26H,8-9,13-15,20,25H2,1-7H3,(H,37,39)/b19-12+,31-10+,38-11-. The topological polar surface area (TPSA) is 65.3 Å². The average Bonchev–Trinajstić information content (AvgIpc) is 3.15. The van der Waals surface area contributed by atoms with Gasteiger partial charge in [0.1, 0.15) is 23.0 Å². The van der Waals surface area contributed by atoms with Crippen molar-refractivity contribution in [1.82, 2.24) is 9.99 Å². The number of ether oxygens (including phenoxy) is 1. The summed E-state index contributed by atoms with van der Waals surface area (Å²) in [5.74, 6) is 4.07. The Balaban J connectivity index is 1.62. The first-order chi connectivity index (χ1) is 20.9. The number of aryl methyl sites for hydroxylation is 3. The number of hydrazone groups is 1. The molecule has 3 heterocycles. The highest BCUT2D eigenvalue weighted by Gasteiger charge is 2.23. The number of amidine groups is 1. The van der Waals surface area contributed by atoms with Crippen LogP contribution >= 0.6 is 0 Å². The molecular formula is C36H48N6O. The van der Waals surface area contributed by atoms with Gasteiger partial charge in [0.05, 0.1) is 5.70 Å². The number of rotatable bonds is 10. The van der Waals surface area contributed by atoms with Crippen LogP contribution in [0.25, 0.3) is 0 Å². The Morgan fingerprint density at radius 3 is 2.72 bits per heavy atom. The van der Waals surface area contributed by atoms with Crippen LogP contribution in [0.3, 0.4) is 0 Å². The minimum atomic E-state index is 0.644. The van der Waals surface area contributed by atoms with Gasteiger partial charge < -0.3 is 15.0 Å². The Morgan fingerprint density at radius 1 is 1.16 bits per heavy atom. The van der Waals surface area contributed by atoms with Gasteiger partial charge in [-0.25, -0.2) is 15.0 Å². The summed E-state index contributed by atoms with van der Waals surface area (Å²) in [7, 11) is 0. The van der Waals surface area contributed by atoms with Crippen LogP contribution in [0.1, 0.15) is 82.7 Å². The maximum atomic E-state index is 6.28. The summed E-state index contributed by atoms with van der Waals surface area (Å²) >= 11 is 0. The van der Waals surface area contributed by atoms with Crippen LogP contribution in [0.5, 0.6) is 5.75 Å². The number of nitrogens with zero attached hydrogens (tertiary/aromatic N) is 5. The van der Waals surface area contributed by atoms with E-state index in [0.29, 0.717) is 5.92 Å². The van der Waals surface area contributed by atoms with Crippen molar-refractivity contribution in [2.24, 2.45) is 16.0 Å². The Labute approximate surface area is 258 Å². The van der Waals surface area contributed by atoms with Crippen LogP contribution in [-0.4, -0.2) is 35.1 Å². The van der Waals surface area contributed by atoms with Crippen LogP contribution in [-0.2, 0) is 6.42 Å². The molecule has 2 aliphatic rings. The van der Waals surface area contributed by atoms with Gasteiger partial charge in [0.2, 0.25) is 0 Å². The van der Waals surface area contributed by atoms with Crippen LogP contribution in [0.2, 0.25) is 0 Å². The Bertz CT molecular complexity index is 1450. The average molecular weight is 581 g/mol. The largest absolute Gasteiger partial charge is 0.457 e. The van der Waals surface area contributed by atoms with Crippen molar-refractivity contribution < 1.29 is 4.74 Å². The first-order valence-corrected chi connectivity index (χ1v) is 15.7. The molecule has 0 amide bonds. The molecule has 0 aliphatic carbocycles. The third-order valence-corrected chi connectivity index (χ3v) is 7.69. The van der Waals surface area contributed by atoms with Gasteiger partial charge in [-0.1, -0.05) is 45.4 Å². The van der Waals surface area contributed by atoms with Gasteiger partial charge in [-0.2, -0.15) is 5.10 Å². The summed E-state index contributed by atoms with van der Waals surface area (Å²) in [6.45, 7) is 16.9. The van der Waals surface area contributed by atoms with Crippen molar-refractivity contribution in [3.63, 3.8) is 0 Å². The van der Waals surface area contributed by atoms with Gasteiger partial charge in [-0.3, -0.25) is 0 Å². The summed E-state index contributed by atoms with van der Waals surface area (Å²) in [4.78, 5) is 12.7. The van der Waals surface area contributed by atoms with Crippen molar-refractivity contribution in [3.8, 4) is 5.75 Å². The van der Waals surface area contributed by atoms with E-state index in [1.54, 1.807) is 6.21 Å². The van der Waals surface area contributed by atoms with E-state index in [0.717, 1.165) is 83.7 Å². The normalized spacial score (nSPS) is 18.4. The van der Waals surface area contributed by atoms with E-state index in [2.05, 4.69) is 68.1 Å². The number of fused-ring (bicyclic) bond motifs is 1. The Hall–Kier alpha value is -4.13. The number of hydrogen-bond donors (Lipinski definition) is 1. The number of pyridine rings is 1. The molecule has 1 atom stereocenters. The molecule has 1 aromatic heterocycles. The van der Waals surface area contributed by atoms with Gasteiger partial charge >= 0.3 is 0 Å². The van der Waals surface area contributed by atoms with Gasteiger partial charge in [0.25, 0.3) is 0 Å². The number of nitrogens with one attached hydrogen (secondary N) is 1. The zero-order valence-corrected chi connectivity index (χ0v) is 27.0. The van der Waals surface area contributed by atoms with Crippen molar-refractivity contribution in [2.75, 3.05) is 23.3 Å². The van der Waals surface area contributed by atoms with Gasteiger partial charge in [-0.15, -0.1) is 0 Å². The van der Waals surface area contributed by atoms with E-state index in [1.165, 1.54) is 18.4 Å². The molecule has 0 bridgehead atoms. The molecule has 1 aromatic carbocycles. The van der Waals surface area contributed by atoms with Crippen molar-refractivity contribution in [2.45, 2.75) is 80.6 Å². The third kappa shape index (κ3) is 8.25. The number of hydrogen-bond acceptors (Lipinski definition) is 6. The zero-order chi connectivity index (χ0) is 30.8. The smallest absolute Gasteiger partial charge is 0.156 e. The SMILES string of the molecule is C/C=N\N1C=CC(Oc2ccc(NC(=N/C=C/CC)c3nc4c(cc3C)CCC(C)CN4CCCC)cc2C)=C/C1=C\C. The zero-order valence-electron chi connectivity index (χ0n) is 27.0. The lowest BCUT2D eigenvalue weighted by Gasteiger charge is -2.26. The van der Waals surface area contributed by atoms with E-state index < -0.39 is 0 Å². The minimum Gasteiger partial charge on any atom is -0.457 e. The number of aromatic nitrogens is 1. The van der Waals surface area contributed by atoms with Gasteiger partial charge in [0.15, 0.2) is 5.84 Å². The van der Waals surface area contributed by atoms with Gasteiger partial charge in [0, 0.05) is 43.5 Å². The predicted octanol–water partition coefficient (Wildman–Crippen LogP) is 8.67. The van der Waals surface area contributed by atoms with E-state index in [-0.39, 0.29) is 0 Å². The fourth-order valence-corrected chi connectivity index (χ4v) is 5.35. The molecule has 1 unspecified atom stereocenters. The molecule has 1 N–H and O–H groups in total. The van der Waals surface area contributed by atoms with Crippen LogP contribution in [0.4, 0.5) is 11.5 Å². The second kappa shape index (κ2) is 15.4.